The van der Waals surface area contributed by atoms with Crippen molar-refractivity contribution in [3.05, 3.63) is 65.1 Å². The van der Waals surface area contributed by atoms with E-state index in [2.05, 4.69) is 9.71 Å². The average molecular weight is 381 g/mol. The highest BCUT2D eigenvalue weighted by Gasteiger charge is 2.27. The first kappa shape index (κ1) is 17.9. The summed E-state index contributed by atoms with van der Waals surface area (Å²) < 4.78 is 41.2. The molecule has 3 rings (SSSR count). The maximum atomic E-state index is 13.6. The number of fused-ring (bicyclic) bond motifs is 1. The van der Waals surface area contributed by atoms with Gasteiger partial charge in [-0.2, -0.15) is 0 Å². The van der Waals surface area contributed by atoms with Crippen LogP contribution in [0.25, 0.3) is 10.9 Å². The van der Waals surface area contributed by atoms with E-state index in [9.17, 15) is 12.8 Å². The first-order chi connectivity index (χ1) is 11.7. The molecule has 0 fully saturated rings. The minimum atomic E-state index is -3.69. The highest BCUT2D eigenvalue weighted by Crippen LogP contribution is 2.31. The van der Waals surface area contributed by atoms with Crippen molar-refractivity contribution < 1.29 is 12.8 Å². The Morgan fingerprint density at radius 3 is 2.68 bits per heavy atom. The highest BCUT2D eigenvalue weighted by molar-refractivity contribution is 7.89. The lowest BCUT2D eigenvalue weighted by atomic mass is 9.85. The maximum absolute atomic E-state index is 13.6. The summed E-state index contributed by atoms with van der Waals surface area (Å²) in [6, 6.07) is 10.6. The summed E-state index contributed by atoms with van der Waals surface area (Å²) in [5.41, 5.74) is 1.11. The minimum absolute atomic E-state index is 0.112. The zero-order valence-electron chi connectivity index (χ0n) is 13.8. The van der Waals surface area contributed by atoms with E-state index in [1.807, 2.05) is 13.8 Å². The van der Waals surface area contributed by atoms with Crippen molar-refractivity contribution in [1.82, 2.24) is 9.71 Å². The fourth-order valence-corrected chi connectivity index (χ4v) is 4.25. The van der Waals surface area contributed by atoms with Crippen molar-refractivity contribution in [2.45, 2.75) is 24.2 Å². The molecule has 1 aromatic heterocycles. The van der Waals surface area contributed by atoms with Gasteiger partial charge in [0.05, 0.1) is 4.90 Å². The molecule has 7 heteroatoms. The van der Waals surface area contributed by atoms with Crippen molar-refractivity contribution in [2.24, 2.45) is 0 Å². The van der Waals surface area contributed by atoms with Gasteiger partial charge >= 0.3 is 0 Å². The Morgan fingerprint density at radius 1 is 1.20 bits per heavy atom. The first-order valence-corrected chi connectivity index (χ1v) is 9.57. The molecule has 2 aromatic carbocycles. The van der Waals surface area contributed by atoms with E-state index in [0.717, 1.165) is 16.5 Å². The number of H-pyrrole nitrogens is 1. The molecule has 0 aliphatic heterocycles. The molecule has 1 heterocycles. The molecule has 0 atom stereocenters. The molecule has 4 nitrogen and oxygen atoms in total. The van der Waals surface area contributed by atoms with Crippen LogP contribution < -0.4 is 4.72 Å². The second-order valence-electron chi connectivity index (χ2n) is 6.56. The van der Waals surface area contributed by atoms with E-state index >= 15 is 0 Å². The lowest BCUT2D eigenvalue weighted by Crippen LogP contribution is -2.36. The predicted molar refractivity (Wildman–Crippen MR) is 97.9 cm³/mol. The van der Waals surface area contributed by atoms with Crippen LogP contribution in [0.3, 0.4) is 0 Å². The standard InChI is InChI=1S/C18H18ClFN2O2S/c1-18(2,16-10-21-17-7-6-13(20)9-15(16)17)11-22-25(23,24)14-5-3-4-12(19)8-14/h3-10,21-22H,11H2,1-2H3. The van der Waals surface area contributed by atoms with Gasteiger partial charge in [0, 0.05) is 34.1 Å². The average Bonchev–Trinajstić information content (AvgIpc) is 2.97. The molecule has 0 bridgehead atoms. The summed E-state index contributed by atoms with van der Waals surface area (Å²) in [5.74, 6) is -0.330. The second-order valence-corrected chi connectivity index (χ2v) is 8.76. The summed E-state index contributed by atoms with van der Waals surface area (Å²) in [4.78, 5) is 3.21. The quantitative estimate of drug-likeness (QED) is 0.696. The van der Waals surface area contributed by atoms with Crippen LogP contribution in [0, 0.1) is 5.82 Å². The van der Waals surface area contributed by atoms with E-state index in [1.165, 1.54) is 24.3 Å². The van der Waals surface area contributed by atoms with Crippen LogP contribution in [-0.4, -0.2) is 19.9 Å². The summed E-state index contributed by atoms with van der Waals surface area (Å²) in [6.45, 7) is 3.97. The van der Waals surface area contributed by atoms with Crippen molar-refractivity contribution in [3.63, 3.8) is 0 Å². The molecule has 0 aliphatic rings. The summed E-state index contributed by atoms with van der Waals surface area (Å²) in [5, 5.41) is 1.10. The Kier molecular flexibility index (Phi) is 4.62. The van der Waals surface area contributed by atoms with Crippen LogP contribution >= 0.6 is 11.6 Å². The fourth-order valence-electron chi connectivity index (χ4n) is 2.74. The SMILES string of the molecule is CC(C)(CNS(=O)(=O)c1cccc(Cl)c1)c1c[nH]c2ccc(F)cc12. The highest BCUT2D eigenvalue weighted by atomic mass is 35.5. The number of benzene rings is 2. The molecule has 132 valence electrons. The third kappa shape index (κ3) is 3.71. The van der Waals surface area contributed by atoms with Gasteiger partial charge in [0.25, 0.3) is 0 Å². The number of aromatic amines is 1. The van der Waals surface area contributed by atoms with Gasteiger partial charge in [-0.05, 0) is 42.0 Å². The number of hydrogen-bond acceptors (Lipinski definition) is 2. The minimum Gasteiger partial charge on any atom is -0.361 e. The molecule has 0 amide bonds. The molecular weight excluding hydrogens is 363 g/mol. The van der Waals surface area contributed by atoms with Gasteiger partial charge in [0.15, 0.2) is 0 Å². The van der Waals surface area contributed by atoms with Crippen LogP contribution in [0.5, 0.6) is 0 Å². The van der Waals surface area contributed by atoms with E-state index < -0.39 is 15.4 Å². The third-order valence-corrected chi connectivity index (χ3v) is 5.82. The molecule has 0 unspecified atom stereocenters. The number of nitrogens with one attached hydrogen (secondary N) is 2. The molecule has 2 N–H and O–H groups in total. The maximum Gasteiger partial charge on any atom is 0.240 e. The molecule has 3 aromatic rings. The molecule has 0 saturated heterocycles. The summed E-state index contributed by atoms with van der Waals surface area (Å²) >= 11 is 5.87. The third-order valence-electron chi connectivity index (χ3n) is 4.18. The number of halogens is 2. The molecule has 0 saturated carbocycles. The van der Waals surface area contributed by atoms with Crippen LogP contribution in [0.4, 0.5) is 4.39 Å². The van der Waals surface area contributed by atoms with Crippen molar-refractivity contribution in [1.29, 1.82) is 0 Å². The molecule has 25 heavy (non-hydrogen) atoms. The normalized spacial score (nSPS) is 12.6. The second kappa shape index (κ2) is 6.44. The van der Waals surface area contributed by atoms with Crippen molar-refractivity contribution >= 4 is 32.5 Å². The predicted octanol–water partition coefficient (Wildman–Crippen LogP) is 4.22. The Labute approximate surface area is 151 Å². The number of sulfonamides is 1. The van der Waals surface area contributed by atoms with Crippen LogP contribution in [0.15, 0.2) is 53.6 Å². The fraction of sp³-hybridized carbons (Fsp3) is 0.222. The largest absolute Gasteiger partial charge is 0.361 e. The van der Waals surface area contributed by atoms with Crippen LogP contribution in [-0.2, 0) is 15.4 Å². The number of hydrogen-bond donors (Lipinski definition) is 2. The van der Waals surface area contributed by atoms with Gasteiger partial charge in [-0.3, -0.25) is 0 Å². The van der Waals surface area contributed by atoms with E-state index in [4.69, 9.17) is 11.6 Å². The zero-order chi connectivity index (χ0) is 18.2. The first-order valence-electron chi connectivity index (χ1n) is 7.71. The topological polar surface area (TPSA) is 62.0 Å². The van der Waals surface area contributed by atoms with Crippen LogP contribution in [0.2, 0.25) is 5.02 Å². The van der Waals surface area contributed by atoms with E-state index in [0.29, 0.717) is 5.02 Å². The van der Waals surface area contributed by atoms with Gasteiger partial charge in [-0.25, -0.2) is 17.5 Å². The van der Waals surface area contributed by atoms with Gasteiger partial charge in [0.1, 0.15) is 5.82 Å². The molecule has 0 radical (unpaired) electrons. The van der Waals surface area contributed by atoms with Crippen LogP contribution in [0.1, 0.15) is 19.4 Å². The smallest absolute Gasteiger partial charge is 0.240 e. The van der Waals surface area contributed by atoms with Crippen molar-refractivity contribution in [2.75, 3.05) is 6.54 Å². The van der Waals surface area contributed by atoms with E-state index in [1.54, 1.807) is 24.4 Å². The van der Waals surface area contributed by atoms with Gasteiger partial charge < -0.3 is 4.98 Å². The Bertz CT molecular complexity index is 1030. The van der Waals surface area contributed by atoms with Crippen molar-refractivity contribution in [3.8, 4) is 0 Å². The number of rotatable bonds is 5. The van der Waals surface area contributed by atoms with Gasteiger partial charge in [-0.1, -0.05) is 31.5 Å². The summed E-state index contributed by atoms with van der Waals surface area (Å²) in [6.07, 6.45) is 1.79. The summed E-state index contributed by atoms with van der Waals surface area (Å²) in [7, 11) is -3.69. The molecular formula is C18H18ClFN2O2S. The van der Waals surface area contributed by atoms with E-state index in [-0.39, 0.29) is 17.3 Å². The van der Waals surface area contributed by atoms with Gasteiger partial charge in [0.2, 0.25) is 10.0 Å². The monoisotopic (exact) mass is 380 g/mol. The lowest BCUT2D eigenvalue weighted by Gasteiger charge is -2.25. The molecule has 0 spiro atoms. The Balaban J connectivity index is 1.87. The Hall–Kier alpha value is -1.89. The molecule has 0 aliphatic carbocycles. The lowest BCUT2D eigenvalue weighted by molar-refractivity contribution is 0.504. The Morgan fingerprint density at radius 2 is 1.96 bits per heavy atom. The van der Waals surface area contributed by atoms with Gasteiger partial charge in [-0.15, -0.1) is 0 Å². The number of aromatic nitrogens is 1. The zero-order valence-corrected chi connectivity index (χ0v) is 15.4.